The molecule has 1 fully saturated rings. The highest BCUT2D eigenvalue weighted by atomic mass is 19.3. The van der Waals surface area contributed by atoms with Gasteiger partial charge in [-0.1, -0.05) is 6.07 Å². The molecule has 1 heterocycles. The van der Waals surface area contributed by atoms with Crippen LogP contribution in [0.4, 0.5) is 23.5 Å². The average Bonchev–Trinajstić information content (AvgIpc) is 3.42. The lowest BCUT2D eigenvalue weighted by Gasteiger charge is -2.18. The van der Waals surface area contributed by atoms with E-state index in [1.165, 1.54) is 6.07 Å². The number of carbonyl (C=O) groups is 2. The van der Waals surface area contributed by atoms with Gasteiger partial charge in [0.2, 0.25) is 5.95 Å². The lowest BCUT2D eigenvalue weighted by atomic mass is 10.0. The molecule has 2 aromatic rings. The Kier molecular flexibility index (Phi) is 4.93. The second-order valence-corrected chi connectivity index (χ2v) is 5.88. The molecule has 0 spiro atoms. The standard InChI is InChI=1S/C16H13F4N5O2/c17-10-2-1-9(5-11(10)18)16(3-4-16)23-15-21-6-8(7-22-15)13(26)24-25-14(27)12(19)20/h1-2,5-7,12H,3-4H2,(H,24,26)(H,25,27)(H,21,22,23). The zero-order valence-electron chi connectivity index (χ0n) is 13.6. The molecule has 142 valence electrons. The first-order valence-corrected chi connectivity index (χ1v) is 7.75. The Labute approximate surface area is 150 Å². The van der Waals surface area contributed by atoms with E-state index in [9.17, 15) is 27.2 Å². The SMILES string of the molecule is O=C(NNC(=O)C(F)F)c1cnc(NC2(c3ccc(F)c(F)c3)CC2)nc1. The van der Waals surface area contributed by atoms with Crippen LogP contribution in [0.2, 0.25) is 0 Å². The van der Waals surface area contributed by atoms with Crippen LogP contribution in [0.1, 0.15) is 28.8 Å². The molecule has 1 saturated carbocycles. The first kappa shape index (κ1) is 18.5. The molecule has 2 amide bonds. The molecule has 1 aromatic heterocycles. The summed E-state index contributed by atoms with van der Waals surface area (Å²) in [5.74, 6) is -4.29. The van der Waals surface area contributed by atoms with Crippen molar-refractivity contribution in [3.05, 3.63) is 53.4 Å². The number of benzene rings is 1. The molecule has 3 rings (SSSR count). The highest BCUT2D eigenvalue weighted by molar-refractivity contribution is 5.95. The molecule has 0 unspecified atom stereocenters. The fourth-order valence-electron chi connectivity index (χ4n) is 2.37. The Bertz CT molecular complexity index is 872. The van der Waals surface area contributed by atoms with Gasteiger partial charge >= 0.3 is 12.3 Å². The van der Waals surface area contributed by atoms with Gasteiger partial charge in [0.15, 0.2) is 11.6 Å². The quantitative estimate of drug-likeness (QED) is 0.541. The molecule has 0 atom stereocenters. The van der Waals surface area contributed by atoms with Crippen molar-refractivity contribution in [3.8, 4) is 0 Å². The van der Waals surface area contributed by atoms with Gasteiger partial charge in [-0.05, 0) is 30.5 Å². The van der Waals surface area contributed by atoms with Crippen LogP contribution >= 0.6 is 0 Å². The van der Waals surface area contributed by atoms with Gasteiger partial charge in [-0.3, -0.25) is 20.4 Å². The fourth-order valence-corrected chi connectivity index (χ4v) is 2.37. The number of alkyl halides is 2. The van der Waals surface area contributed by atoms with E-state index in [-0.39, 0.29) is 11.5 Å². The zero-order chi connectivity index (χ0) is 19.6. The molecule has 7 nitrogen and oxygen atoms in total. The minimum absolute atomic E-state index is 0.0761. The van der Waals surface area contributed by atoms with Crippen molar-refractivity contribution in [3.63, 3.8) is 0 Å². The third-order valence-corrected chi connectivity index (χ3v) is 3.98. The number of hydrazine groups is 1. The fraction of sp³-hybridized carbons (Fsp3) is 0.250. The number of rotatable bonds is 5. The number of nitrogens with zero attached hydrogens (tertiary/aromatic N) is 2. The van der Waals surface area contributed by atoms with Crippen molar-refractivity contribution in [1.29, 1.82) is 0 Å². The molecular formula is C16H13F4N5O2. The Balaban J connectivity index is 1.64. The van der Waals surface area contributed by atoms with Gasteiger partial charge in [0, 0.05) is 12.4 Å². The highest BCUT2D eigenvalue weighted by Crippen LogP contribution is 2.47. The molecule has 1 aliphatic rings. The lowest BCUT2D eigenvalue weighted by Crippen LogP contribution is -2.44. The third-order valence-electron chi connectivity index (χ3n) is 3.98. The molecule has 1 aromatic carbocycles. The van der Waals surface area contributed by atoms with Crippen molar-refractivity contribution in [2.75, 3.05) is 5.32 Å². The van der Waals surface area contributed by atoms with Crippen molar-refractivity contribution in [1.82, 2.24) is 20.8 Å². The number of anilines is 1. The van der Waals surface area contributed by atoms with Gasteiger partial charge in [0.25, 0.3) is 5.91 Å². The maximum Gasteiger partial charge on any atom is 0.317 e. The van der Waals surface area contributed by atoms with Crippen LogP contribution in [0, 0.1) is 11.6 Å². The molecule has 27 heavy (non-hydrogen) atoms. The van der Waals surface area contributed by atoms with Crippen LogP contribution in [0.5, 0.6) is 0 Å². The van der Waals surface area contributed by atoms with Gasteiger partial charge < -0.3 is 5.32 Å². The summed E-state index contributed by atoms with van der Waals surface area (Å²) in [5.41, 5.74) is 3.20. The Morgan fingerprint density at radius 3 is 2.26 bits per heavy atom. The maximum atomic E-state index is 13.4. The lowest BCUT2D eigenvalue weighted by molar-refractivity contribution is -0.132. The molecule has 11 heteroatoms. The second-order valence-electron chi connectivity index (χ2n) is 5.88. The summed E-state index contributed by atoms with van der Waals surface area (Å²) in [6.07, 6.45) is 0.299. The second kappa shape index (κ2) is 7.17. The van der Waals surface area contributed by atoms with Crippen molar-refractivity contribution in [2.45, 2.75) is 24.8 Å². The number of hydrogen-bond acceptors (Lipinski definition) is 5. The van der Waals surface area contributed by atoms with Crippen LogP contribution in [-0.2, 0) is 10.3 Å². The van der Waals surface area contributed by atoms with Crippen molar-refractivity contribution in [2.24, 2.45) is 0 Å². The van der Waals surface area contributed by atoms with Gasteiger partial charge in [-0.2, -0.15) is 8.78 Å². The van der Waals surface area contributed by atoms with Gasteiger partial charge in [0.1, 0.15) is 0 Å². The average molecular weight is 383 g/mol. The number of amides is 2. The first-order chi connectivity index (χ1) is 12.8. The molecule has 3 N–H and O–H groups in total. The summed E-state index contributed by atoms with van der Waals surface area (Å²) in [6, 6.07) is 3.60. The summed E-state index contributed by atoms with van der Waals surface area (Å²) in [4.78, 5) is 30.3. The minimum atomic E-state index is -3.26. The Morgan fingerprint density at radius 2 is 1.70 bits per heavy atom. The van der Waals surface area contributed by atoms with E-state index in [2.05, 4.69) is 15.3 Å². The predicted molar refractivity (Wildman–Crippen MR) is 84.5 cm³/mol. The normalized spacial score (nSPS) is 14.6. The largest absolute Gasteiger partial charge is 0.345 e. The van der Waals surface area contributed by atoms with Gasteiger partial charge in [0.05, 0.1) is 11.1 Å². The van der Waals surface area contributed by atoms with Crippen LogP contribution in [0.15, 0.2) is 30.6 Å². The van der Waals surface area contributed by atoms with E-state index < -0.39 is 35.4 Å². The van der Waals surface area contributed by atoms with Gasteiger partial charge in [-0.15, -0.1) is 0 Å². The smallest absolute Gasteiger partial charge is 0.317 e. The summed E-state index contributed by atoms with van der Waals surface area (Å²) in [6.45, 7) is 0. The molecule has 0 radical (unpaired) electrons. The highest BCUT2D eigenvalue weighted by Gasteiger charge is 2.45. The molecule has 1 aliphatic carbocycles. The van der Waals surface area contributed by atoms with E-state index in [1.54, 1.807) is 10.9 Å². The van der Waals surface area contributed by atoms with Crippen molar-refractivity contribution >= 4 is 17.8 Å². The molecule has 0 bridgehead atoms. The third kappa shape index (κ3) is 4.13. The number of aromatic nitrogens is 2. The Morgan fingerprint density at radius 1 is 1.04 bits per heavy atom. The number of nitrogens with one attached hydrogen (secondary N) is 3. The van der Waals surface area contributed by atoms with Crippen LogP contribution in [0.25, 0.3) is 0 Å². The van der Waals surface area contributed by atoms with E-state index in [4.69, 9.17) is 0 Å². The number of halogens is 4. The van der Waals surface area contributed by atoms with E-state index in [0.29, 0.717) is 18.4 Å². The Hall–Kier alpha value is -3.24. The summed E-state index contributed by atoms with van der Waals surface area (Å²) in [7, 11) is 0. The monoisotopic (exact) mass is 383 g/mol. The predicted octanol–water partition coefficient (Wildman–Crippen LogP) is 1.88. The first-order valence-electron chi connectivity index (χ1n) is 7.75. The maximum absolute atomic E-state index is 13.4. The van der Waals surface area contributed by atoms with Crippen LogP contribution in [0.3, 0.4) is 0 Å². The zero-order valence-corrected chi connectivity index (χ0v) is 13.6. The number of carbonyl (C=O) groups excluding carboxylic acids is 2. The van der Waals surface area contributed by atoms with E-state index >= 15 is 0 Å². The van der Waals surface area contributed by atoms with Crippen molar-refractivity contribution < 1.29 is 27.2 Å². The van der Waals surface area contributed by atoms with Crippen LogP contribution in [-0.4, -0.2) is 28.2 Å². The summed E-state index contributed by atoms with van der Waals surface area (Å²) >= 11 is 0. The summed E-state index contributed by atoms with van der Waals surface area (Å²) in [5, 5.41) is 3.01. The molecule has 0 aliphatic heterocycles. The molecular weight excluding hydrogens is 370 g/mol. The molecule has 0 saturated heterocycles. The number of hydrogen-bond donors (Lipinski definition) is 3. The minimum Gasteiger partial charge on any atom is -0.345 e. The van der Waals surface area contributed by atoms with Gasteiger partial charge in [-0.25, -0.2) is 18.7 Å². The van der Waals surface area contributed by atoms with E-state index in [0.717, 1.165) is 24.5 Å². The topological polar surface area (TPSA) is 96.0 Å². The summed E-state index contributed by atoms with van der Waals surface area (Å²) < 4.78 is 50.6. The van der Waals surface area contributed by atoms with Crippen LogP contribution < -0.4 is 16.2 Å². The van der Waals surface area contributed by atoms with E-state index in [1.807, 2.05) is 0 Å².